The van der Waals surface area contributed by atoms with Gasteiger partial charge in [0.15, 0.2) is 0 Å². The second kappa shape index (κ2) is 10.3. The van der Waals surface area contributed by atoms with Gasteiger partial charge in [0.25, 0.3) is 0 Å². The van der Waals surface area contributed by atoms with E-state index in [1.54, 1.807) is 0 Å². The number of rotatable bonds is 5. The van der Waals surface area contributed by atoms with Crippen LogP contribution in [0.1, 0.15) is 0 Å². The highest BCUT2D eigenvalue weighted by Crippen LogP contribution is 2.37. The molecule has 8 aromatic rings. The zero-order chi connectivity index (χ0) is 28.8. The van der Waals surface area contributed by atoms with E-state index >= 15 is 0 Å². The number of hydrogen-bond donors (Lipinski definition) is 0. The fourth-order valence-corrected chi connectivity index (χ4v) is 6.38. The van der Waals surface area contributed by atoms with Crippen molar-refractivity contribution in [3.63, 3.8) is 0 Å². The Balaban J connectivity index is 1.16. The third kappa shape index (κ3) is 4.36. The maximum Gasteiger partial charge on any atom is 0.0541 e. The van der Waals surface area contributed by atoms with E-state index in [1.165, 1.54) is 66.2 Å². The molecule has 0 saturated carbocycles. The van der Waals surface area contributed by atoms with Crippen molar-refractivity contribution in [3.05, 3.63) is 164 Å². The Morgan fingerprint density at radius 3 is 1.81 bits per heavy atom. The van der Waals surface area contributed by atoms with E-state index in [0.717, 1.165) is 5.69 Å². The molecule has 0 bridgehead atoms. The molecule has 1 aromatic heterocycles. The van der Waals surface area contributed by atoms with Gasteiger partial charge in [0.05, 0.1) is 11.0 Å². The van der Waals surface area contributed by atoms with Gasteiger partial charge in [0.1, 0.15) is 0 Å². The molecule has 204 valence electrons. The van der Waals surface area contributed by atoms with E-state index in [0.29, 0.717) is 0 Å². The monoisotopic (exact) mass is 550 g/mol. The SMILES string of the molecule is CN(c1ccc(-c2ccc3c(c2)c2ccccc2n3-c2ccc(-c3ccccc3)cc2)cc1)c1cccc2ccccc12. The first-order chi connectivity index (χ1) is 21.2. The van der Waals surface area contributed by atoms with Crippen molar-refractivity contribution >= 4 is 44.0 Å². The second-order valence-electron chi connectivity index (χ2n) is 11.1. The number of para-hydroxylation sites is 1. The van der Waals surface area contributed by atoms with E-state index in [4.69, 9.17) is 0 Å². The average molecular weight is 551 g/mol. The minimum Gasteiger partial charge on any atom is -0.344 e. The predicted molar refractivity (Wildman–Crippen MR) is 184 cm³/mol. The Morgan fingerprint density at radius 1 is 0.419 bits per heavy atom. The van der Waals surface area contributed by atoms with Gasteiger partial charge in [-0.3, -0.25) is 0 Å². The van der Waals surface area contributed by atoms with Crippen LogP contribution in [0.15, 0.2) is 164 Å². The van der Waals surface area contributed by atoms with Crippen molar-refractivity contribution in [1.82, 2.24) is 4.57 Å². The van der Waals surface area contributed by atoms with Crippen molar-refractivity contribution in [3.8, 4) is 27.9 Å². The summed E-state index contributed by atoms with van der Waals surface area (Å²) in [6.45, 7) is 0. The van der Waals surface area contributed by atoms with Crippen LogP contribution < -0.4 is 4.90 Å². The molecule has 0 unspecified atom stereocenters. The zero-order valence-electron chi connectivity index (χ0n) is 24.0. The Bertz CT molecular complexity index is 2220. The number of anilines is 2. The third-order valence-corrected chi connectivity index (χ3v) is 8.62. The van der Waals surface area contributed by atoms with Crippen molar-refractivity contribution in [2.75, 3.05) is 11.9 Å². The van der Waals surface area contributed by atoms with Crippen LogP contribution >= 0.6 is 0 Å². The molecule has 2 nitrogen and oxygen atoms in total. The largest absolute Gasteiger partial charge is 0.344 e. The predicted octanol–water partition coefficient (Wildman–Crippen LogP) is 11.0. The van der Waals surface area contributed by atoms with Crippen LogP contribution in [0, 0.1) is 0 Å². The Kier molecular flexibility index (Phi) is 6.05. The van der Waals surface area contributed by atoms with Gasteiger partial charge in [-0.2, -0.15) is 0 Å². The lowest BCUT2D eigenvalue weighted by atomic mass is 10.0. The smallest absolute Gasteiger partial charge is 0.0541 e. The highest BCUT2D eigenvalue weighted by Gasteiger charge is 2.14. The highest BCUT2D eigenvalue weighted by molar-refractivity contribution is 6.10. The fraction of sp³-hybridized carbons (Fsp3) is 0.0244. The molecule has 2 heteroatoms. The highest BCUT2D eigenvalue weighted by atomic mass is 15.1. The first-order valence-corrected chi connectivity index (χ1v) is 14.8. The molecule has 0 saturated heterocycles. The third-order valence-electron chi connectivity index (χ3n) is 8.62. The van der Waals surface area contributed by atoms with Gasteiger partial charge in [-0.05, 0) is 76.2 Å². The molecular formula is C41H30N2. The summed E-state index contributed by atoms with van der Waals surface area (Å²) < 4.78 is 2.38. The van der Waals surface area contributed by atoms with Gasteiger partial charge in [-0.15, -0.1) is 0 Å². The number of hydrogen-bond acceptors (Lipinski definition) is 1. The standard InChI is InChI=1S/C41H30N2/c1-42(39-17-9-13-32-12-5-6-14-36(32)39)34-23-18-31(19-24-34)33-22-27-41-38(28-33)37-15-7-8-16-40(37)43(41)35-25-20-30(21-26-35)29-10-3-2-4-11-29/h2-28H,1H3. The van der Waals surface area contributed by atoms with Crippen LogP contribution in [-0.2, 0) is 0 Å². The van der Waals surface area contributed by atoms with Crippen LogP contribution in [-0.4, -0.2) is 11.6 Å². The molecule has 1 heterocycles. The minimum atomic E-state index is 1.16. The van der Waals surface area contributed by atoms with E-state index in [1.807, 2.05) is 0 Å². The number of nitrogens with zero attached hydrogens (tertiary/aromatic N) is 2. The van der Waals surface area contributed by atoms with Crippen molar-refractivity contribution in [1.29, 1.82) is 0 Å². The van der Waals surface area contributed by atoms with E-state index in [2.05, 4.69) is 180 Å². The van der Waals surface area contributed by atoms with Crippen molar-refractivity contribution in [2.45, 2.75) is 0 Å². The molecule has 0 fully saturated rings. The van der Waals surface area contributed by atoms with Crippen LogP contribution in [0.2, 0.25) is 0 Å². The van der Waals surface area contributed by atoms with Gasteiger partial charge in [0, 0.05) is 40.3 Å². The normalized spacial score (nSPS) is 11.4. The molecule has 0 radical (unpaired) electrons. The van der Waals surface area contributed by atoms with E-state index in [-0.39, 0.29) is 0 Å². The maximum absolute atomic E-state index is 2.38. The molecule has 0 aliphatic carbocycles. The average Bonchev–Trinajstić information content (AvgIpc) is 3.42. The first-order valence-electron chi connectivity index (χ1n) is 14.8. The lowest BCUT2D eigenvalue weighted by molar-refractivity contribution is 1.18. The summed E-state index contributed by atoms with van der Waals surface area (Å²) in [4.78, 5) is 2.27. The summed E-state index contributed by atoms with van der Waals surface area (Å²) in [5, 5.41) is 5.03. The molecule has 0 N–H and O–H groups in total. The summed E-state index contributed by atoms with van der Waals surface area (Å²) in [5.74, 6) is 0. The topological polar surface area (TPSA) is 8.17 Å². The summed E-state index contributed by atoms with van der Waals surface area (Å²) in [6.07, 6.45) is 0. The fourth-order valence-electron chi connectivity index (χ4n) is 6.38. The lowest BCUT2D eigenvalue weighted by Gasteiger charge is -2.22. The summed E-state index contributed by atoms with van der Waals surface area (Å²) >= 11 is 0. The Hall–Kier alpha value is -5.60. The molecule has 0 amide bonds. The number of fused-ring (bicyclic) bond motifs is 4. The van der Waals surface area contributed by atoms with Gasteiger partial charge in [0.2, 0.25) is 0 Å². The minimum absolute atomic E-state index is 1.16. The Morgan fingerprint density at radius 2 is 1.00 bits per heavy atom. The molecule has 0 spiro atoms. The second-order valence-corrected chi connectivity index (χ2v) is 11.1. The first kappa shape index (κ1) is 25.1. The molecule has 0 aliphatic heterocycles. The lowest BCUT2D eigenvalue weighted by Crippen LogP contribution is -2.09. The van der Waals surface area contributed by atoms with Gasteiger partial charge in [-0.1, -0.05) is 115 Å². The van der Waals surface area contributed by atoms with Crippen molar-refractivity contribution < 1.29 is 0 Å². The molecule has 0 atom stereocenters. The summed E-state index contributed by atoms with van der Waals surface area (Å²) in [7, 11) is 2.14. The Labute approximate surface area is 251 Å². The molecule has 0 aliphatic rings. The van der Waals surface area contributed by atoms with E-state index < -0.39 is 0 Å². The molecular weight excluding hydrogens is 520 g/mol. The molecule has 7 aromatic carbocycles. The van der Waals surface area contributed by atoms with Gasteiger partial charge >= 0.3 is 0 Å². The van der Waals surface area contributed by atoms with Gasteiger partial charge < -0.3 is 9.47 Å². The van der Waals surface area contributed by atoms with Crippen LogP contribution in [0.3, 0.4) is 0 Å². The van der Waals surface area contributed by atoms with Crippen molar-refractivity contribution in [2.24, 2.45) is 0 Å². The summed E-state index contributed by atoms with van der Waals surface area (Å²) in [5.41, 5.74) is 10.8. The maximum atomic E-state index is 2.38. The number of benzene rings is 7. The zero-order valence-corrected chi connectivity index (χ0v) is 24.0. The van der Waals surface area contributed by atoms with Gasteiger partial charge in [-0.25, -0.2) is 0 Å². The quantitative estimate of drug-likeness (QED) is 0.207. The van der Waals surface area contributed by atoms with E-state index in [9.17, 15) is 0 Å². The number of aromatic nitrogens is 1. The van der Waals surface area contributed by atoms with Crippen LogP contribution in [0.4, 0.5) is 11.4 Å². The van der Waals surface area contributed by atoms with Crippen LogP contribution in [0.5, 0.6) is 0 Å². The van der Waals surface area contributed by atoms with Crippen LogP contribution in [0.25, 0.3) is 60.5 Å². The molecule has 43 heavy (non-hydrogen) atoms. The molecule has 8 rings (SSSR count). The summed E-state index contributed by atoms with van der Waals surface area (Å²) in [6, 6.07) is 59.0.